The van der Waals surface area contributed by atoms with Gasteiger partial charge in [0, 0.05) is 53.0 Å². The van der Waals surface area contributed by atoms with E-state index in [0.717, 1.165) is 56.2 Å². The normalized spacial score (nSPS) is 19.8. The SMILES string of the molecule is CN=C(NCCCOCc1ccc(OC)cc1)N1CCN(C(=O)C2CCCO2)CC1. The van der Waals surface area contributed by atoms with Crippen LogP contribution in [0.2, 0.25) is 0 Å². The Hall–Kier alpha value is -2.32. The molecule has 0 saturated carbocycles. The molecule has 2 aliphatic heterocycles. The second-order valence-corrected chi connectivity index (χ2v) is 7.54. The average Bonchev–Trinajstić information content (AvgIpc) is 3.34. The average molecular weight is 419 g/mol. The Labute approximate surface area is 179 Å². The van der Waals surface area contributed by atoms with Gasteiger partial charge in [-0.25, -0.2) is 0 Å². The maximum atomic E-state index is 12.5. The van der Waals surface area contributed by atoms with Crippen LogP contribution in [-0.4, -0.2) is 87.9 Å². The van der Waals surface area contributed by atoms with Crippen LogP contribution < -0.4 is 10.1 Å². The number of carbonyl (C=O) groups excluding carboxylic acids is 1. The van der Waals surface area contributed by atoms with E-state index in [4.69, 9.17) is 14.2 Å². The van der Waals surface area contributed by atoms with Crippen LogP contribution >= 0.6 is 0 Å². The summed E-state index contributed by atoms with van der Waals surface area (Å²) in [5, 5.41) is 3.40. The summed E-state index contributed by atoms with van der Waals surface area (Å²) in [6.45, 7) is 5.77. The zero-order valence-corrected chi connectivity index (χ0v) is 18.1. The van der Waals surface area contributed by atoms with Crippen LogP contribution in [0.3, 0.4) is 0 Å². The number of carbonyl (C=O) groups is 1. The molecular weight excluding hydrogens is 384 g/mol. The summed E-state index contributed by atoms with van der Waals surface area (Å²) in [4.78, 5) is 21.0. The van der Waals surface area contributed by atoms with Gasteiger partial charge in [-0.2, -0.15) is 0 Å². The van der Waals surface area contributed by atoms with Crippen molar-refractivity contribution >= 4 is 11.9 Å². The maximum absolute atomic E-state index is 12.5. The Morgan fingerprint density at radius 2 is 1.93 bits per heavy atom. The zero-order chi connectivity index (χ0) is 21.2. The molecule has 2 heterocycles. The lowest BCUT2D eigenvalue weighted by Gasteiger charge is -2.37. The van der Waals surface area contributed by atoms with Gasteiger partial charge in [0.25, 0.3) is 5.91 Å². The van der Waals surface area contributed by atoms with Crippen molar-refractivity contribution in [1.29, 1.82) is 0 Å². The topological polar surface area (TPSA) is 75.6 Å². The number of hydrogen-bond donors (Lipinski definition) is 1. The second-order valence-electron chi connectivity index (χ2n) is 7.54. The number of guanidine groups is 1. The van der Waals surface area contributed by atoms with Crippen molar-refractivity contribution in [2.24, 2.45) is 4.99 Å². The molecule has 1 atom stereocenters. The second kappa shape index (κ2) is 11.8. The van der Waals surface area contributed by atoms with Crippen LogP contribution in [0.5, 0.6) is 5.75 Å². The van der Waals surface area contributed by atoms with E-state index in [1.54, 1.807) is 14.2 Å². The monoisotopic (exact) mass is 418 g/mol. The molecule has 2 fully saturated rings. The zero-order valence-electron chi connectivity index (χ0n) is 18.1. The molecule has 1 amide bonds. The molecule has 2 saturated heterocycles. The standard InChI is InChI=1S/C22H34N4O4/c1-23-22(24-10-4-15-29-17-18-6-8-19(28-2)9-7-18)26-13-11-25(12-14-26)21(27)20-5-3-16-30-20/h6-9,20H,3-5,10-17H2,1-2H3,(H,23,24). The molecule has 2 aliphatic rings. The fourth-order valence-corrected chi connectivity index (χ4v) is 3.73. The van der Waals surface area contributed by atoms with Crippen LogP contribution in [0.4, 0.5) is 0 Å². The van der Waals surface area contributed by atoms with Crippen LogP contribution in [0, 0.1) is 0 Å². The van der Waals surface area contributed by atoms with Crippen molar-refractivity contribution in [3.8, 4) is 5.75 Å². The molecule has 3 rings (SSSR count). The molecule has 1 unspecified atom stereocenters. The summed E-state index contributed by atoms with van der Waals surface area (Å²) in [5.74, 6) is 1.88. The Bertz CT molecular complexity index is 681. The van der Waals surface area contributed by atoms with E-state index < -0.39 is 0 Å². The van der Waals surface area contributed by atoms with Crippen molar-refractivity contribution < 1.29 is 19.0 Å². The molecule has 1 N–H and O–H groups in total. The number of nitrogens with zero attached hydrogens (tertiary/aromatic N) is 3. The van der Waals surface area contributed by atoms with Crippen LogP contribution in [0.25, 0.3) is 0 Å². The fourth-order valence-electron chi connectivity index (χ4n) is 3.73. The van der Waals surface area contributed by atoms with E-state index in [1.165, 1.54) is 0 Å². The summed E-state index contributed by atoms with van der Waals surface area (Å²) in [7, 11) is 3.46. The number of amides is 1. The molecular formula is C22H34N4O4. The molecule has 1 aromatic carbocycles. The van der Waals surface area contributed by atoms with E-state index in [1.807, 2.05) is 29.2 Å². The van der Waals surface area contributed by atoms with Crippen molar-refractivity contribution in [3.63, 3.8) is 0 Å². The molecule has 1 aromatic rings. The predicted octanol–water partition coefficient (Wildman–Crippen LogP) is 1.50. The lowest BCUT2D eigenvalue weighted by Crippen LogP contribution is -2.55. The van der Waals surface area contributed by atoms with Gasteiger partial charge in [0.15, 0.2) is 5.96 Å². The number of hydrogen-bond acceptors (Lipinski definition) is 5. The van der Waals surface area contributed by atoms with Gasteiger partial charge >= 0.3 is 0 Å². The van der Waals surface area contributed by atoms with Crippen molar-refractivity contribution in [1.82, 2.24) is 15.1 Å². The molecule has 8 nitrogen and oxygen atoms in total. The minimum absolute atomic E-state index is 0.143. The van der Waals surface area contributed by atoms with E-state index in [9.17, 15) is 4.79 Å². The number of methoxy groups -OCH3 is 1. The molecule has 0 spiro atoms. The van der Waals surface area contributed by atoms with Gasteiger partial charge in [-0.05, 0) is 37.0 Å². The van der Waals surface area contributed by atoms with Crippen molar-refractivity contribution in [3.05, 3.63) is 29.8 Å². The van der Waals surface area contributed by atoms with E-state index in [0.29, 0.717) is 32.9 Å². The molecule has 166 valence electrons. The Morgan fingerprint density at radius 3 is 2.57 bits per heavy atom. The largest absolute Gasteiger partial charge is 0.497 e. The van der Waals surface area contributed by atoms with Crippen molar-refractivity contribution in [2.75, 3.05) is 60.1 Å². The number of nitrogens with one attached hydrogen (secondary N) is 1. The fraction of sp³-hybridized carbons (Fsp3) is 0.636. The third-order valence-corrected chi connectivity index (χ3v) is 5.48. The number of ether oxygens (including phenoxy) is 3. The smallest absolute Gasteiger partial charge is 0.251 e. The van der Waals surface area contributed by atoms with Gasteiger partial charge in [0.1, 0.15) is 11.9 Å². The van der Waals surface area contributed by atoms with Gasteiger partial charge in [-0.15, -0.1) is 0 Å². The first-order valence-electron chi connectivity index (χ1n) is 10.8. The first-order chi connectivity index (χ1) is 14.7. The third kappa shape index (κ3) is 6.34. The molecule has 0 radical (unpaired) electrons. The molecule has 0 aliphatic carbocycles. The summed E-state index contributed by atoms with van der Waals surface area (Å²) in [6, 6.07) is 7.92. The Kier molecular flexibility index (Phi) is 8.77. The van der Waals surface area contributed by atoms with E-state index in [2.05, 4.69) is 15.2 Å². The summed E-state index contributed by atoms with van der Waals surface area (Å²) < 4.78 is 16.4. The molecule has 0 bridgehead atoms. The van der Waals surface area contributed by atoms with Crippen LogP contribution in [-0.2, 0) is 20.9 Å². The maximum Gasteiger partial charge on any atom is 0.251 e. The van der Waals surface area contributed by atoms with Gasteiger partial charge in [0.05, 0.1) is 13.7 Å². The summed E-state index contributed by atoms with van der Waals surface area (Å²) in [6.07, 6.45) is 2.50. The number of benzene rings is 1. The molecule has 8 heteroatoms. The van der Waals surface area contributed by atoms with Gasteiger partial charge < -0.3 is 29.3 Å². The van der Waals surface area contributed by atoms with Crippen molar-refractivity contribution in [2.45, 2.75) is 32.0 Å². The first kappa shape index (κ1) is 22.4. The highest BCUT2D eigenvalue weighted by atomic mass is 16.5. The van der Waals surface area contributed by atoms with Crippen LogP contribution in [0.1, 0.15) is 24.8 Å². The Morgan fingerprint density at radius 1 is 1.20 bits per heavy atom. The number of piperazine rings is 1. The highest BCUT2D eigenvalue weighted by Gasteiger charge is 2.30. The van der Waals surface area contributed by atoms with E-state index >= 15 is 0 Å². The molecule has 0 aromatic heterocycles. The quantitative estimate of drug-likeness (QED) is 0.392. The minimum Gasteiger partial charge on any atom is -0.497 e. The van der Waals surface area contributed by atoms with Gasteiger partial charge in [-0.3, -0.25) is 9.79 Å². The van der Waals surface area contributed by atoms with E-state index in [-0.39, 0.29) is 12.0 Å². The highest BCUT2D eigenvalue weighted by molar-refractivity contribution is 5.82. The number of rotatable bonds is 8. The lowest BCUT2D eigenvalue weighted by molar-refractivity contribution is -0.142. The number of aliphatic imine (C=N–C) groups is 1. The highest BCUT2D eigenvalue weighted by Crippen LogP contribution is 2.16. The molecule has 30 heavy (non-hydrogen) atoms. The Balaban J connectivity index is 1.29. The van der Waals surface area contributed by atoms with Crippen LogP contribution in [0.15, 0.2) is 29.3 Å². The van der Waals surface area contributed by atoms with Gasteiger partial charge in [0.2, 0.25) is 0 Å². The third-order valence-electron chi connectivity index (χ3n) is 5.48. The summed E-state index contributed by atoms with van der Waals surface area (Å²) in [5.41, 5.74) is 1.13. The first-order valence-corrected chi connectivity index (χ1v) is 10.8. The predicted molar refractivity (Wildman–Crippen MR) is 116 cm³/mol. The summed E-state index contributed by atoms with van der Waals surface area (Å²) >= 11 is 0. The van der Waals surface area contributed by atoms with Gasteiger partial charge in [-0.1, -0.05) is 12.1 Å². The minimum atomic E-state index is -0.230. The lowest BCUT2D eigenvalue weighted by atomic mass is 10.2.